The molecular formula is C21H27N5O. The first kappa shape index (κ1) is 19.0. The van der Waals surface area contributed by atoms with Crippen molar-refractivity contribution in [2.75, 3.05) is 13.7 Å². The molecule has 0 fully saturated rings. The van der Waals surface area contributed by atoms with Crippen LogP contribution in [0.1, 0.15) is 44.1 Å². The van der Waals surface area contributed by atoms with E-state index in [-0.39, 0.29) is 6.04 Å². The third-order valence-electron chi connectivity index (χ3n) is 4.60. The first-order chi connectivity index (χ1) is 13.2. The van der Waals surface area contributed by atoms with E-state index in [1.54, 1.807) is 19.5 Å². The molecule has 0 saturated heterocycles. The summed E-state index contributed by atoms with van der Waals surface area (Å²) < 4.78 is 7.59. The predicted molar refractivity (Wildman–Crippen MR) is 108 cm³/mol. The SMILES string of the molecule is C=CCCCc1nc(-c2cc([C@@H](C)NCC)ncc2OC)cn2ccnc12. The smallest absolute Gasteiger partial charge is 0.158 e. The van der Waals surface area contributed by atoms with Crippen LogP contribution in [-0.4, -0.2) is 33.0 Å². The first-order valence-electron chi connectivity index (χ1n) is 9.39. The lowest BCUT2D eigenvalue weighted by atomic mass is 10.1. The van der Waals surface area contributed by atoms with Gasteiger partial charge in [-0.2, -0.15) is 0 Å². The molecule has 0 amide bonds. The molecule has 3 aromatic heterocycles. The van der Waals surface area contributed by atoms with Crippen molar-refractivity contribution in [2.45, 2.75) is 39.2 Å². The van der Waals surface area contributed by atoms with Crippen LogP contribution in [0.25, 0.3) is 16.9 Å². The molecule has 0 spiro atoms. The number of pyridine rings is 1. The van der Waals surface area contributed by atoms with Gasteiger partial charge >= 0.3 is 0 Å². The van der Waals surface area contributed by atoms with Crippen molar-refractivity contribution in [3.8, 4) is 17.0 Å². The first-order valence-corrected chi connectivity index (χ1v) is 9.39. The molecule has 0 saturated carbocycles. The number of fused-ring (bicyclic) bond motifs is 1. The molecule has 27 heavy (non-hydrogen) atoms. The number of allylic oxidation sites excluding steroid dienone is 1. The average molecular weight is 365 g/mol. The maximum absolute atomic E-state index is 5.57. The molecular weight excluding hydrogens is 338 g/mol. The largest absolute Gasteiger partial charge is 0.494 e. The van der Waals surface area contributed by atoms with Gasteiger partial charge in [-0.1, -0.05) is 13.0 Å². The van der Waals surface area contributed by atoms with Crippen LogP contribution in [0.2, 0.25) is 0 Å². The summed E-state index contributed by atoms with van der Waals surface area (Å²) in [6.45, 7) is 8.88. The number of unbranched alkanes of at least 4 members (excludes halogenated alkanes) is 1. The summed E-state index contributed by atoms with van der Waals surface area (Å²) >= 11 is 0. The highest BCUT2D eigenvalue weighted by atomic mass is 16.5. The summed E-state index contributed by atoms with van der Waals surface area (Å²) in [6, 6.07) is 2.22. The molecule has 6 heteroatoms. The Labute approximate surface area is 160 Å². The Hall–Kier alpha value is -2.73. The Bertz CT molecular complexity index is 918. The zero-order chi connectivity index (χ0) is 19.2. The standard InChI is InChI=1S/C21H27N5O/c1-5-7-8-9-17-21-23-10-11-26(21)14-19(25-17)16-12-18(15(3)22-6-2)24-13-20(16)27-4/h5,10-15,22H,1,6-9H2,2-4H3/t15-/m1/s1. The molecule has 0 bridgehead atoms. The fourth-order valence-electron chi connectivity index (χ4n) is 3.18. The van der Waals surface area contributed by atoms with Crippen LogP contribution in [0.3, 0.4) is 0 Å². The highest BCUT2D eigenvalue weighted by Crippen LogP contribution is 2.31. The molecule has 3 aromatic rings. The summed E-state index contributed by atoms with van der Waals surface area (Å²) in [5, 5.41) is 3.40. The molecule has 3 heterocycles. The molecule has 1 N–H and O–H groups in total. The van der Waals surface area contributed by atoms with Crippen LogP contribution in [0, 0.1) is 0 Å². The number of hydrogen-bond acceptors (Lipinski definition) is 5. The lowest BCUT2D eigenvalue weighted by molar-refractivity contribution is 0.413. The van der Waals surface area contributed by atoms with E-state index in [1.165, 1.54) is 0 Å². The number of rotatable bonds is 9. The van der Waals surface area contributed by atoms with Crippen LogP contribution in [-0.2, 0) is 6.42 Å². The number of imidazole rings is 1. The minimum atomic E-state index is 0.156. The molecule has 0 aliphatic carbocycles. The zero-order valence-electron chi connectivity index (χ0n) is 16.3. The van der Waals surface area contributed by atoms with Gasteiger partial charge in [0.2, 0.25) is 0 Å². The zero-order valence-corrected chi connectivity index (χ0v) is 16.3. The highest BCUT2D eigenvalue weighted by molar-refractivity contribution is 5.68. The number of nitrogens with zero attached hydrogens (tertiary/aromatic N) is 4. The van der Waals surface area contributed by atoms with Gasteiger partial charge in [0, 0.05) is 30.2 Å². The van der Waals surface area contributed by atoms with Crippen LogP contribution in [0.4, 0.5) is 0 Å². The van der Waals surface area contributed by atoms with Crippen molar-refractivity contribution >= 4 is 5.65 Å². The van der Waals surface area contributed by atoms with E-state index in [4.69, 9.17) is 9.72 Å². The second-order valence-electron chi connectivity index (χ2n) is 6.50. The summed E-state index contributed by atoms with van der Waals surface area (Å²) in [6.07, 6.45) is 12.3. The van der Waals surface area contributed by atoms with Gasteiger partial charge in [-0.05, 0) is 38.8 Å². The van der Waals surface area contributed by atoms with Gasteiger partial charge in [0.1, 0.15) is 5.75 Å². The number of ether oxygens (including phenoxy) is 1. The highest BCUT2D eigenvalue weighted by Gasteiger charge is 2.16. The molecule has 0 radical (unpaired) electrons. The third-order valence-corrected chi connectivity index (χ3v) is 4.60. The van der Waals surface area contributed by atoms with E-state index in [0.717, 1.165) is 54.1 Å². The monoisotopic (exact) mass is 365 g/mol. The molecule has 142 valence electrons. The van der Waals surface area contributed by atoms with E-state index in [0.29, 0.717) is 5.75 Å². The molecule has 0 aromatic carbocycles. The van der Waals surface area contributed by atoms with Gasteiger partial charge in [0.05, 0.1) is 30.4 Å². The molecule has 3 rings (SSSR count). The Balaban J connectivity index is 2.07. The van der Waals surface area contributed by atoms with Gasteiger partial charge in [-0.3, -0.25) is 4.98 Å². The van der Waals surface area contributed by atoms with Crippen molar-refractivity contribution < 1.29 is 4.74 Å². The lowest BCUT2D eigenvalue weighted by Crippen LogP contribution is -2.18. The average Bonchev–Trinajstić information content (AvgIpc) is 3.16. The maximum atomic E-state index is 5.57. The second-order valence-corrected chi connectivity index (χ2v) is 6.50. The molecule has 0 aliphatic rings. The second kappa shape index (κ2) is 8.77. The summed E-state index contributed by atoms with van der Waals surface area (Å²) in [5.74, 6) is 0.714. The van der Waals surface area contributed by atoms with E-state index >= 15 is 0 Å². The number of aryl methyl sites for hydroxylation is 1. The fraction of sp³-hybridized carbons (Fsp3) is 0.381. The van der Waals surface area contributed by atoms with Crippen LogP contribution >= 0.6 is 0 Å². The fourth-order valence-corrected chi connectivity index (χ4v) is 3.18. The van der Waals surface area contributed by atoms with E-state index in [1.807, 2.05) is 22.9 Å². The van der Waals surface area contributed by atoms with Crippen molar-refractivity contribution in [3.63, 3.8) is 0 Å². The minimum absolute atomic E-state index is 0.156. The molecule has 1 atom stereocenters. The Morgan fingerprint density at radius 3 is 2.96 bits per heavy atom. The number of methoxy groups -OCH3 is 1. The van der Waals surface area contributed by atoms with Crippen LogP contribution in [0.15, 0.2) is 43.5 Å². The minimum Gasteiger partial charge on any atom is -0.494 e. The molecule has 0 aliphatic heterocycles. The normalized spacial score (nSPS) is 12.3. The summed E-state index contributed by atoms with van der Waals surface area (Å²) in [4.78, 5) is 13.9. The van der Waals surface area contributed by atoms with Crippen molar-refractivity contribution in [1.29, 1.82) is 0 Å². The molecule has 6 nitrogen and oxygen atoms in total. The van der Waals surface area contributed by atoms with Gasteiger partial charge in [-0.15, -0.1) is 6.58 Å². The van der Waals surface area contributed by atoms with Crippen LogP contribution in [0.5, 0.6) is 5.75 Å². The van der Waals surface area contributed by atoms with Gasteiger partial charge in [-0.25, -0.2) is 9.97 Å². The van der Waals surface area contributed by atoms with E-state index < -0.39 is 0 Å². The van der Waals surface area contributed by atoms with Gasteiger partial charge in [0.15, 0.2) is 5.65 Å². The van der Waals surface area contributed by atoms with Gasteiger partial charge < -0.3 is 14.5 Å². The quantitative estimate of drug-likeness (QED) is 0.459. The summed E-state index contributed by atoms with van der Waals surface area (Å²) in [5.41, 5.74) is 4.65. The molecule has 0 unspecified atom stereocenters. The third kappa shape index (κ3) is 4.17. The van der Waals surface area contributed by atoms with Gasteiger partial charge in [0.25, 0.3) is 0 Å². The van der Waals surface area contributed by atoms with Crippen molar-refractivity contribution in [2.24, 2.45) is 0 Å². The maximum Gasteiger partial charge on any atom is 0.158 e. The van der Waals surface area contributed by atoms with Crippen LogP contribution < -0.4 is 10.1 Å². The predicted octanol–water partition coefficient (Wildman–Crippen LogP) is 3.98. The summed E-state index contributed by atoms with van der Waals surface area (Å²) in [7, 11) is 1.66. The van der Waals surface area contributed by atoms with E-state index in [9.17, 15) is 0 Å². The lowest BCUT2D eigenvalue weighted by Gasteiger charge is -2.15. The Kier molecular flexibility index (Phi) is 6.19. The topological polar surface area (TPSA) is 64.3 Å². The van der Waals surface area contributed by atoms with E-state index in [2.05, 4.69) is 41.8 Å². The van der Waals surface area contributed by atoms with Crippen molar-refractivity contribution in [3.05, 3.63) is 54.9 Å². The Morgan fingerprint density at radius 2 is 2.22 bits per heavy atom. The number of nitrogens with one attached hydrogen (secondary N) is 1. The van der Waals surface area contributed by atoms with Crippen molar-refractivity contribution in [1.82, 2.24) is 24.7 Å². The number of aromatic nitrogens is 4. The Morgan fingerprint density at radius 1 is 1.37 bits per heavy atom. The number of hydrogen-bond donors (Lipinski definition) is 1.